The number of carbonyl (C=O) groups excluding carboxylic acids is 1. The van der Waals surface area contributed by atoms with E-state index in [9.17, 15) is 13.2 Å². The number of amides is 1. The van der Waals surface area contributed by atoms with Crippen molar-refractivity contribution >= 4 is 21.6 Å². The first-order valence-corrected chi connectivity index (χ1v) is 9.76. The Morgan fingerprint density at radius 3 is 2.60 bits per heavy atom. The summed E-state index contributed by atoms with van der Waals surface area (Å²) in [4.78, 5) is 12.2. The minimum atomic E-state index is -3.37. The van der Waals surface area contributed by atoms with Crippen LogP contribution in [0.15, 0.2) is 48.5 Å². The van der Waals surface area contributed by atoms with E-state index in [0.717, 1.165) is 30.4 Å². The number of hydrogen-bond donors (Lipinski definition) is 2. The second kappa shape index (κ2) is 8.53. The van der Waals surface area contributed by atoms with Crippen LogP contribution in [0, 0.1) is 0 Å². The molecule has 2 N–H and O–H groups in total. The van der Waals surface area contributed by atoms with E-state index in [1.54, 1.807) is 25.3 Å². The Balaban J connectivity index is 1.87. The summed E-state index contributed by atoms with van der Waals surface area (Å²) >= 11 is 0. The van der Waals surface area contributed by atoms with Crippen molar-refractivity contribution in [2.24, 2.45) is 0 Å². The van der Waals surface area contributed by atoms with Crippen LogP contribution in [0.5, 0.6) is 5.75 Å². The van der Waals surface area contributed by atoms with Crippen molar-refractivity contribution in [3.8, 4) is 5.75 Å². The molecule has 0 aromatic heterocycles. The van der Waals surface area contributed by atoms with Crippen LogP contribution in [0.3, 0.4) is 0 Å². The second-order valence-electron chi connectivity index (χ2n) is 5.63. The Hall–Kier alpha value is -2.54. The number of aryl methyl sites for hydroxylation is 1. The van der Waals surface area contributed by atoms with E-state index in [1.165, 1.54) is 6.07 Å². The van der Waals surface area contributed by atoms with Gasteiger partial charge in [-0.15, -0.1) is 0 Å². The molecule has 1 amide bonds. The van der Waals surface area contributed by atoms with Gasteiger partial charge in [-0.1, -0.05) is 24.3 Å². The largest absolute Gasteiger partial charge is 0.496 e. The summed E-state index contributed by atoms with van der Waals surface area (Å²) in [6, 6.07) is 14.2. The highest BCUT2D eigenvalue weighted by molar-refractivity contribution is 7.92. The number of nitrogens with one attached hydrogen (secondary N) is 2. The third kappa shape index (κ3) is 6.11. The Morgan fingerprint density at radius 1 is 1.12 bits per heavy atom. The van der Waals surface area contributed by atoms with Crippen LogP contribution in [0.25, 0.3) is 0 Å². The molecular formula is C18H22N2O4S. The van der Waals surface area contributed by atoms with Crippen LogP contribution in [-0.4, -0.2) is 34.2 Å². The third-order valence-electron chi connectivity index (χ3n) is 3.53. The molecule has 0 fully saturated rings. The lowest BCUT2D eigenvalue weighted by Gasteiger charge is -2.09. The highest BCUT2D eigenvalue weighted by Gasteiger charge is 2.08. The van der Waals surface area contributed by atoms with E-state index in [1.807, 2.05) is 24.3 Å². The number of carbonyl (C=O) groups is 1. The number of anilines is 1. The molecule has 0 bridgehead atoms. The molecule has 134 valence electrons. The minimum absolute atomic E-state index is 0.239. The number of sulfonamides is 1. The number of para-hydroxylation sites is 1. The fourth-order valence-electron chi connectivity index (χ4n) is 2.43. The van der Waals surface area contributed by atoms with Gasteiger partial charge in [-0.2, -0.15) is 0 Å². The van der Waals surface area contributed by atoms with Gasteiger partial charge in [0.05, 0.1) is 13.4 Å². The Kier molecular flexibility index (Phi) is 6.41. The van der Waals surface area contributed by atoms with Crippen LogP contribution >= 0.6 is 0 Å². The summed E-state index contributed by atoms with van der Waals surface area (Å²) in [6.07, 6.45) is 2.63. The van der Waals surface area contributed by atoms with Gasteiger partial charge in [0.15, 0.2) is 0 Å². The molecule has 2 aromatic carbocycles. The number of benzene rings is 2. The molecule has 0 heterocycles. The van der Waals surface area contributed by atoms with Crippen LogP contribution in [0.2, 0.25) is 0 Å². The summed E-state index contributed by atoms with van der Waals surface area (Å²) in [5, 5.41) is 2.84. The molecule has 0 saturated carbocycles. The quantitative estimate of drug-likeness (QED) is 0.707. The van der Waals surface area contributed by atoms with E-state index in [0.29, 0.717) is 17.8 Å². The smallest absolute Gasteiger partial charge is 0.251 e. The molecule has 0 saturated heterocycles. The first kappa shape index (κ1) is 18.8. The van der Waals surface area contributed by atoms with Crippen LogP contribution in [-0.2, 0) is 16.4 Å². The predicted octanol–water partition coefficient (Wildman–Crippen LogP) is 2.43. The van der Waals surface area contributed by atoms with Crippen molar-refractivity contribution in [2.75, 3.05) is 24.6 Å². The van der Waals surface area contributed by atoms with Crippen LogP contribution in [0.1, 0.15) is 22.3 Å². The van der Waals surface area contributed by atoms with Gasteiger partial charge >= 0.3 is 0 Å². The molecule has 0 unspecified atom stereocenters. The SMILES string of the molecule is COc1ccccc1CCCNC(=O)c1cccc(NS(C)(=O)=O)c1. The number of hydrogen-bond acceptors (Lipinski definition) is 4. The van der Waals surface area contributed by atoms with Crippen molar-refractivity contribution in [1.29, 1.82) is 0 Å². The van der Waals surface area contributed by atoms with Crippen LogP contribution in [0.4, 0.5) is 5.69 Å². The Labute approximate surface area is 148 Å². The Morgan fingerprint density at radius 2 is 1.88 bits per heavy atom. The summed E-state index contributed by atoms with van der Waals surface area (Å²) < 4.78 is 30.2. The van der Waals surface area contributed by atoms with E-state index in [2.05, 4.69) is 10.0 Å². The van der Waals surface area contributed by atoms with Gasteiger partial charge < -0.3 is 10.1 Å². The molecule has 0 atom stereocenters. The molecule has 2 aromatic rings. The maximum Gasteiger partial charge on any atom is 0.251 e. The first-order chi connectivity index (χ1) is 11.9. The summed E-state index contributed by atoms with van der Waals surface area (Å²) in [5.41, 5.74) is 1.87. The standard InChI is InChI=1S/C18H22N2O4S/c1-24-17-11-4-3-7-14(17)9-6-12-19-18(21)15-8-5-10-16(13-15)20-25(2,22)23/h3-5,7-8,10-11,13,20H,6,9,12H2,1-2H3,(H,19,21). The third-order valence-corrected chi connectivity index (χ3v) is 4.14. The maximum atomic E-state index is 12.2. The summed E-state index contributed by atoms with van der Waals surface area (Å²) in [5.74, 6) is 0.602. The monoisotopic (exact) mass is 362 g/mol. The van der Waals surface area contributed by atoms with E-state index >= 15 is 0 Å². The topological polar surface area (TPSA) is 84.5 Å². The average molecular weight is 362 g/mol. The fourth-order valence-corrected chi connectivity index (χ4v) is 2.99. The number of methoxy groups -OCH3 is 1. The van der Waals surface area contributed by atoms with Gasteiger partial charge in [0.2, 0.25) is 10.0 Å². The number of ether oxygens (including phenoxy) is 1. The molecule has 2 rings (SSSR count). The molecule has 25 heavy (non-hydrogen) atoms. The zero-order valence-corrected chi connectivity index (χ0v) is 15.1. The van der Waals surface area contributed by atoms with Crippen molar-refractivity contribution in [3.05, 3.63) is 59.7 Å². The molecular weight excluding hydrogens is 340 g/mol. The zero-order valence-electron chi connectivity index (χ0n) is 14.3. The van der Waals surface area contributed by atoms with Crippen molar-refractivity contribution < 1.29 is 17.9 Å². The van der Waals surface area contributed by atoms with E-state index < -0.39 is 10.0 Å². The average Bonchev–Trinajstić information content (AvgIpc) is 2.57. The lowest BCUT2D eigenvalue weighted by Crippen LogP contribution is -2.25. The molecule has 7 heteroatoms. The lowest BCUT2D eigenvalue weighted by atomic mass is 10.1. The fraction of sp³-hybridized carbons (Fsp3) is 0.278. The highest BCUT2D eigenvalue weighted by Crippen LogP contribution is 2.18. The molecule has 0 radical (unpaired) electrons. The predicted molar refractivity (Wildman–Crippen MR) is 98.6 cm³/mol. The van der Waals surface area contributed by atoms with E-state index in [4.69, 9.17) is 4.74 Å². The van der Waals surface area contributed by atoms with Crippen molar-refractivity contribution in [2.45, 2.75) is 12.8 Å². The molecule has 0 aliphatic rings. The van der Waals surface area contributed by atoms with Crippen LogP contribution < -0.4 is 14.8 Å². The van der Waals surface area contributed by atoms with Gasteiger partial charge in [-0.05, 0) is 42.7 Å². The normalized spacial score (nSPS) is 11.0. The molecule has 0 aliphatic heterocycles. The van der Waals surface area contributed by atoms with Gasteiger partial charge in [-0.3, -0.25) is 9.52 Å². The first-order valence-electron chi connectivity index (χ1n) is 7.87. The second-order valence-corrected chi connectivity index (χ2v) is 7.37. The maximum absolute atomic E-state index is 12.2. The summed E-state index contributed by atoms with van der Waals surface area (Å²) in [6.45, 7) is 0.514. The molecule has 0 aliphatic carbocycles. The van der Waals surface area contributed by atoms with Crippen molar-refractivity contribution in [3.63, 3.8) is 0 Å². The van der Waals surface area contributed by atoms with Gasteiger partial charge in [0, 0.05) is 17.8 Å². The molecule has 6 nitrogen and oxygen atoms in total. The minimum Gasteiger partial charge on any atom is -0.496 e. The highest BCUT2D eigenvalue weighted by atomic mass is 32.2. The lowest BCUT2D eigenvalue weighted by molar-refractivity contribution is 0.0953. The zero-order chi connectivity index (χ0) is 18.3. The summed E-state index contributed by atoms with van der Waals surface area (Å²) in [7, 11) is -1.73. The van der Waals surface area contributed by atoms with Gasteiger partial charge in [0.25, 0.3) is 5.91 Å². The molecule has 0 spiro atoms. The van der Waals surface area contributed by atoms with Gasteiger partial charge in [0.1, 0.15) is 5.75 Å². The van der Waals surface area contributed by atoms with Crippen molar-refractivity contribution in [1.82, 2.24) is 5.32 Å². The Bertz CT molecular complexity index is 834. The van der Waals surface area contributed by atoms with Gasteiger partial charge in [-0.25, -0.2) is 8.42 Å². The van der Waals surface area contributed by atoms with E-state index in [-0.39, 0.29) is 5.91 Å². The number of rotatable bonds is 8.